The highest BCUT2D eigenvalue weighted by atomic mass is 15.3. The Morgan fingerprint density at radius 3 is 3.07 bits per heavy atom. The minimum absolute atomic E-state index is 0.253. The van der Waals surface area contributed by atoms with Gasteiger partial charge in [0.25, 0.3) is 0 Å². The second-order valence-electron chi connectivity index (χ2n) is 3.01. The van der Waals surface area contributed by atoms with Gasteiger partial charge in [0.1, 0.15) is 5.82 Å². The highest BCUT2D eigenvalue weighted by Gasteiger charge is 1.99. The van der Waals surface area contributed by atoms with Gasteiger partial charge in [-0.25, -0.2) is 4.98 Å². The van der Waals surface area contributed by atoms with E-state index < -0.39 is 0 Å². The molecular formula is C9H12N6. The molecule has 2 rings (SSSR count). The first kappa shape index (κ1) is 9.45. The van der Waals surface area contributed by atoms with E-state index in [1.165, 1.54) is 0 Å². The molecule has 0 atom stereocenters. The minimum Gasteiger partial charge on any atom is -0.368 e. The number of nitrogens with one attached hydrogen (secondary N) is 1. The van der Waals surface area contributed by atoms with Crippen molar-refractivity contribution in [2.75, 3.05) is 11.1 Å². The van der Waals surface area contributed by atoms with Crippen molar-refractivity contribution < 1.29 is 0 Å². The van der Waals surface area contributed by atoms with Gasteiger partial charge in [0.2, 0.25) is 5.95 Å². The lowest BCUT2D eigenvalue weighted by Gasteiger charge is -2.01. The van der Waals surface area contributed by atoms with Gasteiger partial charge in [-0.15, -0.1) is 0 Å². The van der Waals surface area contributed by atoms with Crippen LogP contribution in [-0.4, -0.2) is 19.7 Å². The summed E-state index contributed by atoms with van der Waals surface area (Å²) >= 11 is 0. The van der Waals surface area contributed by atoms with Crippen molar-refractivity contribution in [1.82, 2.24) is 19.7 Å². The van der Waals surface area contributed by atoms with Crippen LogP contribution < -0.4 is 11.1 Å². The summed E-state index contributed by atoms with van der Waals surface area (Å²) in [5, 5.41) is 7.22. The second-order valence-corrected chi connectivity index (χ2v) is 3.01. The molecular weight excluding hydrogens is 192 g/mol. The molecule has 0 bridgehead atoms. The number of hydrogen-bond donors (Lipinski definition) is 2. The van der Waals surface area contributed by atoms with Gasteiger partial charge in [0.15, 0.2) is 0 Å². The lowest BCUT2D eigenvalue weighted by molar-refractivity contribution is 0.660. The van der Waals surface area contributed by atoms with Crippen molar-refractivity contribution in [2.24, 2.45) is 0 Å². The van der Waals surface area contributed by atoms with E-state index in [9.17, 15) is 0 Å². The van der Waals surface area contributed by atoms with Crippen LogP contribution in [0.1, 0.15) is 6.92 Å². The third kappa shape index (κ3) is 2.22. The fraction of sp³-hybridized carbons (Fsp3) is 0.222. The number of nitrogens with zero attached hydrogens (tertiary/aromatic N) is 4. The third-order valence-electron chi connectivity index (χ3n) is 1.90. The zero-order chi connectivity index (χ0) is 10.7. The summed E-state index contributed by atoms with van der Waals surface area (Å²) < 4.78 is 1.83. The zero-order valence-electron chi connectivity index (χ0n) is 8.38. The fourth-order valence-electron chi connectivity index (χ4n) is 1.19. The van der Waals surface area contributed by atoms with Gasteiger partial charge in [-0.1, -0.05) is 0 Å². The van der Waals surface area contributed by atoms with E-state index in [0.717, 1.165) is 12.2 Å². The van der Waals surface area contributed by atoms with Crippen molar-refractivity contribution in [3.8, 4) is 0 Å². The second kappa shape index (κ2) is 3.95. The molecule has 0 fully saturated rings. The summed E-state index contributed by atoms with van der Waals surface area (Å²) in [6.07, 6.45) is 5.25. The van der Waals surface area contributed by atoms with Crippen LogP contribution in [0.3, 0.4) is 0 Å². The Hall–Kier alpha value is -2.11. The van der Waals surface area contributed by atoms with Gasteiger partial charge in [0.05, 0.1) is 11.9 Å². The number of aryl methyl sites for hydroxylation is 1. The first-order valence-corrected chi connectivity index (χ1v) is 4.66. The monoisotopic (exact) mass is 204 g/mol. The lowest BCUT2D eigenvalue weighted by atomic mass is 10.5. The molecule has 3 N–H and O–H groups in total. The van der Waals surface area contributed by atoms with Crippen molar-refractivity contribution in [1.29, 1.82) is 0 Å². The van der Waals surface area contributed by atoms with Crippen LogP contribution in [0.2, 0.25) is 0 Å². The van der Waals surface area contributed by atoms with Crippen molar-refractivity contribution >= 4 is 17.5 Å². The molecule has 6 nitrogen and oxygen atoms in total. The van der Waals surface area contributed by atoms with Crippen LogP contribution in [0.5, 0.6) is 0 Å². The van der Waals surface area contributed by atoms with Crippen LogP contribution in [-0.2, 0) is 6.54 Å². The van der Waals surface area contributed by atoms with Crippen LogP contribution in [0.15, 0.2) is 24.7 Å². The predicted octanol–water partition coefficient (Wildman–Crippen LogP) is 1.02. The van der Waals surface area contributed by atoms with Gasteiger partial charge < -0.3 is 11.1 Å². The average molecular weight is 204 g/mol. The van der Waals surface area contributed by atoms with Gasteiger partial charge >= 0.3 is 0 Å². The summed E-state index contributed by atoms with van der Waals surface area (Å²) in [7, 11) is 0. The van der Waals surface area contributed by atoms with Crippen LogP contribution in [0, 0.1) is 0 Å². The normalized spacial score (nSPS) is 10.2. The van der Waals surface area contributed by atoms with Crippen molar-refractivity contribution in [3.63, 3.8) is 0 Å². The highest BCUT2D eigenvalue weighted by Crippen LogP contribution is 2.12. The molecule has 2 heterocycles. The maximum Gasteiger partial charge on any atom is 0.221 e. The van der Waals surface area contributed by atoms with Crippen LogP contribution in [0.25, 0.3) is 0 Å². The zero-order valence-corrected chi connectivity index (χ0v) is 8.38. The van der Waals surface area contributed by atoms with Gasteiger partial charge in [-0.3, -0.25) is 4.68 Å². The van der Waals surface area contributed by atoms with Gasteiger partial charge in [-0.2, -0.15) is 10.1 Å². The lowest BCUT2D eigenvalue weighted by Crippen LogP contribution is -1.98. The molecule has 15 heavy (non-hydrogen) atoms. The predicted molar refractivity (Wildman–Crippen MR) is 57.6 cm³/mol. The maximum atomic E-state index is 5.46. The fourth-order valence-corrected chi connectivity index (χ4v) is 1.19. The van der Waals surface area contributed by atoms with E-state index in [1.54, 1.807) is 18.5 Å². The number of hydrogen-bond acceptors (Lipinski definition) is 5. The molecule has 0 amide bonds. The number of rotatable bonds is 3. The highest BCUT2D eigenvalue weighted by molar-refractivity contribution is 5.54. The van der Waals surface area contributed by atoms with E-state index in [0.29, 0.717) is 5.82 Å². The molecule has 0 saturated heterocycles. The average Bonchev–Trinajstić information content (AvgIpc) is 2.65. The van der Waals surface area contributed by atoms with Gasteiger partial charge in [0, 0.05) is 18.9 Å². The Morgan fingerprint density at radius 1 is 1.53 bits per heavy atom. The van der Waals surface area contributed by atoms with Gasteiger partial charge in [-0.05, 0) is 13.0 Å². The molecule has 0 spiro atoms. The third-order valence-corrected chi connectivity index (χ3v) is 1.90. The van der Waals surface area contributed by atoms with E-state index in [1.807, 2.05) is 17.8 Å². The molecule has 0 aliphatic carbocycles. The smallest absolute Gasteiger partial charge is 0.221 e. The molecule has 0 aliphatic rings. The van der Waals surface area contributed by atoms with Crippen LogP contribution >= 0.6 is 0 Å². The molecule has 2 aromatic heterocycles. The Labute approximate surface area is 87.2 Å². The Morgan fingerprint density at radius 2 is 2.40 bits per heavy atom. The quantitative estimate of drug-likeness (QED) is 0.780. The van der Waals surface area contributed by atoms with E-state index in [2.05, 4.69) is 20.4 Å². The summed E-state index contributed by atoms with van der Waals surface area (Å²) in [6, 6.07) is 1.75. The van der Waals surface area contributed by atoms with E-state index >= 15 is 0 Å². The molecule has 0 aromatic carbocycles. The van der Waals surface area contributed by atoms with Crippen molar-refractivity contribution in [2.45, 2.75) is 13.5 Å². The van der Waals surface area contributed by atoms with E-state index in [-0.39, 0.29) is 5.95 Å². The Kier molecular flexibility index (Phi) is 2.49. The summed E-state index contributed by atoms with van der Waals surface area (Å²) in [4.78, 5) is 7.83. The summed E-state index contributed by atoms with van der Waals surface area (Å²) in [5.74, 6) is 0.918. The Balaban J connectivity index is 2.14. The molecule has 6 heteroatoms. The molecule has 2 aromatic rings. The number of anilines is 3. The summed E-state index contributed by atoms with van der Waals surface area (Å²) in [6.45, 7) is 2.87. The number of nitrogens with two attached hydrogens (primary N) is 1. The maximum absolute atomic E-state index is 5.46. The Bertz CT molecular complexity index is 449. The standard InChI is InChI=1S/C9H12N6/c1-2-15-6-7(5-12-15)13-8-3-4-11-9(10)14-8/h3-6H,2H2,1H3,(H3,10,11,13,14). The van der Waals surface area contributed by atoms with Crippen molar-refractivity contribution in [3.05, 3.63) is 24.7 Å². The topological polar surface area (TPSA) is 81.7 Å². The summed E-state index contributed by atoms with van der Waals surface area (Å²) in [5.41, 5.74) is 6.34. The first-order valence-electron chi connectivity index (χ1n) is 4.66. The SMILES string of the molecule is CCn1cc(Nc2ccnc(N)n2)cn1. The molecule has 78 valence electrons. The van der Waals surface area contributed by atoms with Crippen LogP contribution in [0.4, 0.5) is 17.5 Å². The number of aromatic nitrogens is 4. The molecule has 0 aliphatic heterocycles. The minimum atomic E-state index is 0.253. The molecule has 0 unspecified atom stereocenters. The number of nitrogen functional groups attached to an aromatic ring is 1. The molecule has 0 radical (unpaired) electrons. The first-order chi connectivity index (χ1) is 7.28. The van der Waals surface area contributed by atoms with E-state index in [4.69, 9.17) is 5.73 Å². The largest absolute Gasteiger partial charge is 0.368 e. The molecule has 0 saturated carbocycles.